The van der Waals surface area contributed by atoms with E-state index in [0.717, 1.165) is 0 Å². The Bertz CT molecular complexity index is 759. The van der Waals surface area contributed by atoms with Crippen LogP contribution in [0.1, 0.15) is 45.9 Å². The summed E-state index contributed by atoms with van der Waals surface area (Å²) in [4.78, 5) is 0. The first kappa shape index (κ1) is 28.6. The van der Waals surface area contributed by atoms with E-state index in [1.165, 1.54) is 38.9 Å². The molecule has 0 aliphatic carbocycles. The maximum atomic E-state index is 2.37. The molecule has 0 unspecified atom stereocenters. The first-order valence-corrected chi connectivity index (χ1v) is 8.32. The van der Waals surface area contributed by atoms with Gasteiger partial charge in [-0.1, -0.05) is 88.4 Å². The van der Waals surface area contributed by atoms with Gasteiger partial charge in [-0.3, -0.25) is 0 Å². The predicted octanol–water partition coefficient (Wildman–Crippen LogP) is -3.00. The van der Waals surface area contributed by atoms with Gasteiger partial charge >= 0.3 is 21.7 Å². The van der Waals surface area contributed by atoms with Crippen LogP contribution in [0.3, 0.4) is 0 Å². The van der Waals surface area contributed by atoms with Crippen LogP contribution in [0.4, 0.5) is 0 Å². The molecule has 0 amide bonds. The van der Waals surface area contributed by atoms with Gasteiger partial charge in [0.15, 0.2) is 0 Å². The van der Waals surface area contributed by atoms with Gasteiger partial charge in [0.25, 0.3) is 0 Å². The Labute approximate surface area is 197 Å². The van der Waals surface area contributed by atoms with Gasteiger partial charge in [-0.25, -0.2) is 0 Å². The molecule has 4 heteroatoms. The Hall–Kier alpha value is -0.626. The summed E-state index contributed by atoms with van der Waals surface area (Å²) < 4.78 is 0. The summed E-state index contributed by atoms with van der Waals surface area (Å²) in [6.07, 6.45) is 0. The second-order valence-corrected chi connectivity index (χ2v) is 6.73. The molecule has 0 fully saturated rings. The van der Waals surface area contributed by atoms with Gasteiger partial charge < -0.3 is 37.2 Å². The number of rotatable bonds is 3. The standard InChI is InChI=1S/C23H25.3ClH.Ti/c1-16-17(2)19(4)22(18(16)3)23(5,20-12-8-6-9-13-20)21-14-10-7-11-15-21;;;;/h6-15H,1-5H3;3*1H;/q-1;;;;+4/p-3. The predicted molar refractivity (Wildman–Crippen MR) is 99.4 cm³/mol. The van der Waals surface area contributed by atoms with E-state index < -0.39 is 0 Å². The van der Waals surface area contributed by atoms with E-state index in [1.54, 1.807) is 0 Å². The third kappa shape index (κ3) is 4.87. The van der Waals surface area contributed by atoms with Gasteiger partial charge in [-0.2, -0.15) is 22.3 Å². The topological polar surface area (TPSA) is 0 Å². The van der Waals surface area contributed by atoms with Crippen LogP contribution in [0.5, 0.6) is 0 Å². The molecular weight excluding hydrogens is 430 g/mol. The van der Waals surface area contributed by atoms with Crippen molar-refractivity contribution in [2.24, 2.45) is 0 Å². The summed E-state index contributed by atoms with van der Waals surface area (Å²) >= 11 is 0. The van der Waals surface area contributed by atoms with Crippen molar-refractivity contribution in [3.05, 3.63) is 99.6 Å². The number of hydrogen-bond acceptors (Lipinski definition) is 0. The molecule has 0 aliphatic rings. The maximum Gasteiger partial charge on any atom is 4.00 e. The van der Waals surface area contributed by atoms with E-state index in [2.05, 4.69) is 95.3 Å². The summed E-state index contributed by atoms with van der Waals surface area (Å²) in [6, 6.07) is 21.8. The Morgan fingerprint density at radius 3 is 1.33 bits per heavy atom. The van der Waals surface area contributed by atoms with Crippen LogP contribution in [0.25, 0.3) is 0 Å². The Morgan fingerprint density at radius 2 is 1.04 bits per heavy atom. The second kappa shape index (κ2) is 11.4. The number of benzene rings is 2. The Morgan fingerprint density at radius 1 is 0.667 bits per heavy atom. The van der Waals surface area contributed by atoms with Crippen LogP contribution < -0.4 is 37.2 Å². The zero-order valence-corrected chi connectivity index (χ0v) is 20.2. The van der Waals surface area contributed by atoms with Crippen LogP contribution in [-0.2, 0) is 27.1 Å². The summed E-state index contributed by atoms with van der Waals surface area (Å²) in [5.41, 5.74) is 9.74. The van der Waals surface area contributed by atoms with Gasteiger partial charge in [0, 0.05) is 5.41 Å². The number of hydrogen-bond donors (Lipinski definition) is 0. The molecule has 3 aromatic carbocycles. The fourth-order valence-electron chi connectivity index (χ4n) is 3.97. The zero-order valence-electron chi connectivity index (χ0n) is 16.4. The molecule has 3 rings (SSSR count). The van der Waals surface area contributed by atoms with Crippen LogP contribution >= 0.6 is 0 Å². The monoisotopic (exact) mass is 454 g/mol. The van der Waals surface area contributed by atoms with Crippen molar-refractivity contribution in [3.8, 4) is 0 Å². The van der Waals surface area contributed by atoms with Gasteiger partial charge in [0.2, 0.25) is 0 Å². The zero-order chi connectivity index (χ0) is 16.6. The van der Waals surface area contributed by atoms with E-state index in [-0.39, 0.29) is 64.4 Å². The van der Waals surface area contributed by atoms with E-state index in [9.17, 15) is 0 Å². The second-order valence-electron chi connectivity index (χ2n) is 6.73. The quantitative estimate of drug-likeness (QED) is 0.292. The molecule has 0 radical (unpaired) electrons. The van der Waals surface area contributed by atoms with Crippen molar-refractivity contribution in [2.45, 2.75) is 40.0 Å². The molecule has 0 aromatic heterocycles. The summed E-state index contributed by atoms with van der Waals surface area (Å²) in [5, 5.41) is 0. The maximum absolute atomic E-state index is 2.37. The molecule has 0 nitrogen and oxygen atoms in total. The molecule has 0 saturated heterocycles. The van der Waals surface area contributed by atoms with Crippen molar-refractivity contribution in [2.75, 3.05) is 0 Å². The number of halogens is 3. The van der Waals surface area contributed by atoms with Crippen molar-refractivity contribution >= 4 is 0 Å². The summed E-state index contributed by atoms with van der Waals surface area (Å²) in [5.74, 6) is 0. The van der Waals surface area contributed by atoms with Crippen LogP contribution in [-0.4, -0.2) is 0 Å². The third-order valence-electron chi connectivity index (χ3n) is 5.64. The molecule has 0 atom stereocenters. The Kier molecular flexibility index (Phi) is 12.1. The molecule has 0 spiro atoms. The molecular formula is C23H25Cl3Ti. The van der Waals surface area contributed by atoms with E-state index in [0.29, 0.717) is 0 Å². The molecule has 142 valence electrons. The minimum atomic E-state index is -0.129. The summed E-state index contributed by atoms with van der Waals surface area (Å²) in [6.45, 7) is 11.4. The van der Waals surface area contributed by atoms with Crippen molar-refractivity contribution < 1.29 is 58.9 Å². The SMILES string of the molecule is Cc1c(C)c(C(C)(c2ccccc2)c2ccccc2)[c-](C)c1C.[Cl-].[Cl-].[Cl-].[Ti+4]. The minimum absolute atomic E-state index is 0. The van der Waals surface area contributed by atoms with E-state index >= 15 is 0 Å². The normalized spacial score (nSPS) is 9.96. The molecule has 0 heterocycles. The van der Waals surface area contributed by atoms with Gasteiger partial charge in [0.1, 0.15) is 0 Å². The van der Waals surface area contributed by atoms with Crippen LogP contribution in [0.15, 0.2) is 60.7 Å². The fourth-order valence-corrected chi connectivity index (χ4v) is 3.97. The summed E-state index contributed by atoms with van der Waals surface area (Å²) in [7, 11) is 0. The van der Waals surface area contributed by atoms with Gasteiger partial charge in [0.05, 0.1) is 0 Å². The first-order valence-electron chi connectivity index (χ1n) is 8.32. The van der Waals surface area contributed by atoms with Crippen molar-refractivity contribution in [1.82, 2.24) is 0 Å². The molecule has 0 saturated carbocycles. The molecule has 27 heavy (non-hydrogen) atoms. The van der Waals surface area contributed by atoms with E-state index in [4.69, 9.17) is 0 Å². The molecule has 0 aliphatic heterocycles. The van der Waals surface area contributed by atoms with Crippen LogP contribution in [0, 0.1) is 27.7 Å². The largest absolute Gasteiger partial charge is 4.00 e. The van der Waals surface area contributed by atoms with E-state index in [1.807, 2.05) is 0 Å². The molecule has 0 bridgehead atoms. The van der Waals surface area contributed by atoms with Gasteiger partial charge in [-0.15, -0.1) is 5.56 Å². The average Bonchev–Trinajstić information content (AvgIpc) is 2.79. The van der Waals surface area contributed by atoms with Crippen molar-refractivity contribution in [1.29, 1.82) is 0 Å². The van der Waals surface area contributed by atoms with Crippen molar-refractivity contribution in [3.63, 3.8) is 0 Å². The third-order valence-corrected chi connectivity index (χ3v) is 5.64. The van der Waals surface area contributed by atoms with Crippen LogP contribution in [0.2, 0.25) is 0 Å². The smallest absolute Gasteiger partial charge is 1.00 e. The average molecular weight is 456 g/mol. The molecule has 0 N–H and O–H groups in total. The molecule has 3 aromatic rings. The first-order chi connectivity index (χ1) is 11.0. The Balaban J connectivity index is 0. The minimum Gasteiger partial charge on any atom is -1.00 e. The van der Waals surface area contributed by atoms with Gasteiger partial charge in [-0.05, 0) is 18.1 Å². The fraction of sp³-hybridized carbons (Fsp3) is 0.261.